The van der Waals surface area contributed by atoms with Crippen molar-refractivity contribution in [1.82, 2.24) is 10.2 Å². The van der Waals surface area contributed by atoms with E-state index in [-0.39, 0.29) is 5.78 Å². The van der Waals surface area contributed by atoms with Crippen molar-refractivity contribution in [2.24, 2.45) is 0 Å². The largest absolute Gasteiger partial charge is 0.496 e. The minimum Gasteiger partial charge on any atom is -0.496 e. The Kier molecular flexibility index (Phi) is 5.15. The van der Waals surface area contributed by atoms with Crippen LogP contribution in [0.1, 0.15) is 27.9 Å². The van der Waals surface area contributed by atoms with Gasteiger partial charge in [0.25, 0.3) is 0 Å². The highest BCUT2D eigenvalue weighted by Crippen LogP contribution is 2.23. The zero-order valence-electron chi connectivity index (χ0n) is 12.7. The summed E-state index contributed by atoms with van der Waals surface area (Å²) in [6.45, 7) is 8.92. The third kappa shape index (κ3) is 3.58. The van der Waals surface area contributed by atoms with Gasteiger partial charge in [0.2, 0.25) is 0 Å². The van der Waals surface area contributed by atoms with Crippen LogP contribution in [-0.4, -0.2) is 50.5 Å². The molecule has 1 saturated heterocycles. The summed E-state index contributed by atoms with van der Waals surface area (Å²) in [6, 6.07) is 3.90. The lowest BCUT2D eigenvalue weighted by atomic mass is 9.99. The van der Waals surface area contributed by atoms with E-state index >= 15 is 0 Å². The number of carbonyl (C=O) groups is 1. The van der Waals surface area contributed by atoms with E-state index in [1.807, 2.05) is 26.0 Å². The predicted octanol–water partition coefficient (Wildman–Crippen LogP) is 1.79. The first-order valence-corrected chi connectivity index (χ1v) is 7.23. The van der Waals surface area contributed by atoms with Crippen LogP contribution < -0.4 is 10.1 Å². The first-order valence-electron chi connectivity index (χ1n) is 7.23. The normalized spacial score (nSPS) is 16.1. The first-order chi connectivity index (χ1) is 9.61. The highest BCUT2D eigenvalue weighted by Gasteiger charge is 2.15. The van der Waals surface area contributed by atoms with Gasteiger partial charge in [-0.3, -0.25) is 4.79 Å². The van der Waals surface area contributed by atoms with Gasteiger partial charge in [0.1, 0.15) is 5.75 Å². The van der Waals surface area contributed by atoms with Gasteiger partial charge in [0.05, 0.1) is 7.11 Å². The maximum atomic E-state index is 12.4. The quantitative estimate of drug-likeness (QED) is 0.833. The number of piperazine rings is 1. The van der Waals surface area contributed by atoms with Gasteiger partial charge in [0, 0.05) is 44.7 Å². The number of nitrogens with zero attached hydrogens (tertiary/aromatic N) is 1. The molecule has 0 unspecified atom stereocenters. The highest BCUT2D eigenvalue weighted by atomic mass is 16.5. The van der Waals surface area contributed by atoms with Gasteiger partial charge in [-0.1, -0.05) is 0 Å². The number of nitrogens with one attached hydrogen (secondary N) is 1. The Bertz CT molecular complexity index is 480. The Hall–Kier alpha value is -1.39. The molecule has 110 valence electrons. The van der Waals surface area contributed by atoms with E-state index in [1.165, 1.54) is 0 Å². The summed E-state index contributed by atoms with van der Waals surface area (Å²) >= 11 is 0. The van der Waals surface area contributed by atoms with Gasteiger partial charge in [-0.2, -0.15) is 0 Å². The molecule has 20 heavy (non-hydrogen) atoms. The molecular formula is C16H24N2O2. The number of methoxy groups -OCH3 is 1. The van der Waals surface area contributed by atoms with Crippen molar-refractivity contribution < 1.29 is 9.53 Å². The maximum Gasteiger partial charge on any atom is 0.164 e. The van der Waals surface area contributed by atoms with Crippen LogP contribution in [0.3, 0.4) is 0 Å². The molecule has 0 radical (unpaired) electrons. The summed E-state index contributed by atoms with van der Waals surface area (Å²) < 4.78 is 5.29. The molecule has 1 aliphatic heterocycles. The highest BCUT2D eigenvalue weighted by molar-refractivity contribution is 5.98. The zero-order valence-corrected chi connectivity index (χ0v) is 12.7. The maximum absolute atomic E-state index is 12.4. The van der Waals surface area contributed by atoms with E-state index in [0.717, 1.165) is 55.2 Å². The summed E-state index contributed by atoms with van der Waals surface area (Å²) in [6.07, 6.45) is 0.590. The van der Waals surface area contributed by atoms with Crippen LogP contribution in [0.4, 0.5) is 0 Å². The molecule has 0 saturated carbocycles. The lowest BCUT2D eigenvalue weighted by Gasteiger charge is -2.26. The summed E-state index contributed by atoms with van der Waals surface area (Å²) in [5, 5.41) is 3.32. The number of hydrogen-bond acceptors (Lipinski definition) is 4. The lowest BCUT2D eigenvalue weighted by Crippen LogP contribution is -2.44. The average molecular weight is 276 g/mol. The third-order valence-corrected chi connectivity index (χ3v) is 3.91. The summed E-state index contributed by atoms with van der Waals surface area (Å²) in [5.41, 5.74) is 2.85. The van der Waals surface area contributed by atoms with Gasteiger partial charge in [-0.25, -0.2) is 0 Å². The van der Waals surface area contributed by atoms with Crippen molar-refractivity contribution in [3.05, 3.63) is 28.8 Å². The van der Waals surface area contributed by atoms with Gasteiger partial charge >= 0.3 is 0 Å². The zero-order chi connectivity index (χ0) is 14.5. The van der Waals surface area contributed by atoms with Crippen LogP contribution in [0, 0.1) is 13.8 Å². The van der Waals surface area contributed by atoms with E-state index in [4.69, 9.17) is 4.74 Å². The minimum absolute atomic E-state index is 0.229. The number of Topliss-reactive ketones (excluding diaryl/α,β-unsaturated/α-hetero) is 1. The molecule has 0 aromatic heterocycles. The van der Waals surface area contributed by atoms with Crippen LogP contribution >= 0.6 is 0 Å². The SMILES string of the molecule is COc1cc(C)c(C(=O)CCN2CCNCC2)cc1C. The molecular weight excluding hydrogens is 252 g/mol. The minimum atomic E-state index is 0.229. The molecule has 1 N–H and O–H groups in total. The molecule has 4 nitrogen and oxygen atoms in total. The van der Waals surface area contributed by atoms with Crippen molar-refractivity contribution in [3.63, 3.8) is 0 Å². The number of carbonyl (C=O) groups excluding carboxylic acids is 1. The van der Waals surface area contributed by atoms with Crippen LogP contribution in [0.5, 0.6) is 5.75 Å². The van der Waals surface area contributed by atoms with Crippen molar-refractivity contribution in [1.29, 1.82) is 0 Å². The molecule has 4 heteroatoms. The Morgan fingerprint density at radius 3 is 2.60 bits per heavy atom. The van der Waals surface area contributed by atoms with Crippen LogP contribution in [0.25, 0.3) is 0 Å². The molecule has 1 aliphatic rings. The Morgan fingerprint density at radius 2 is 1.95 bits per heavy atom. The number of hydrogen-bond donors (Lipinski definition) is 1. The van der Waals surface area contributed by atoms with Gasteiger partial charge in [0.15, 0.2) is 5.78 Å². The molecule has 2 rings (SSSR count). The lowest BCUT2D eigenvalue weighted by molar-refractivity contribution is 0.0960. The summed E-state index contributed by atoms with van der Waals surface area (Å²) in [7, 11) is 1.66. The number of benzene rings is 1. The van der Waals surface area contributed by atoms with Crippen LogP contribution in [0.15, 0.2) is 12.1 Å². The predicted molar refractivity (Wildman–Crippen MR) is 80.7 cm³/mol. The molecule has 0 aliphatic carbocycles. The Morgan fingerprint density at radius 1 is 1.25 bits per heavy atom. The second-order valence-electron chi connectivity index (χ2n) is 5.40. The fourth-order valence-corrected chi connectivity index (χ4v) is 2.64. The fourth-order valence-electron chi connectivity index (χ4n) is 2.64. The van der Waals surface area contributed by atoms with Gasteiger partial charge in [-0.05, 0) is 37.1 Å². The molecule has 0 spiro atoms. The Labute approximate surface area is 121 Å². The van der Waals surface area contributed by atoms with Crippen molar-refractivity contribution >= 4 is 5.78 Å². The van der Waals surface area contributed by atoms with E-state index < -0.39 is 0 Å². The summed E-state index contributed by atoms with van der Waals surface area (Å²) in [5.74, 6) is 1.08. The second-order valence-corrected chi connectivity index (χ2v) is 5.40. The third-order valence-electron chi connectivity index (χ3n) is 3.91. The standard InChI is InChI=1S/C16H24N2O2/c1-12-11-16(20-3)13(2)10-14(12)15(19)4-7-18-8-5-17-6-9-18/h10-11,17H,4-9H2,1-3H3. The molecule has 1 heterocycles. The van der Waals surface area contributed by atoms with Gasteiger partial charge < -0.3 is 15.0 Å². The average Bonchev–Trinajstić information content (AvgIpc) is 2.47. The van der Waals surface area contributed by atoms with Gasteiger partial charge in [-0.15, -0.1) is 0 Å². The van der Waals surface area contributed by atoms with Crippen LogP contribution in [0.2, 0.25) is 0 Å². The Balaban J connectivity index is 1.99. The van der Waals surface area contributed by atoms with Crippen molar-refractivity contribution in [2.75, 3.05) is 39.8 Å². The van der Waals surface area contributed by atoms with E-state index in [1.54, 1.807) is 7.11 Å². The molecule has 0 bridgehead atoms. The molecule has 0 atom stereocenters. The smallest absolute Gasteiger partial charge is 0.164 e. The topological polar surface area (TPSA) is 41.6 Å². The summed E-state index contributed by atoms with van der Waals surface area (Å²) in [4.78, 5) is 14.7. The van der Waals surface area contributed by atoms with E-state index in [9.17, 15) is 4.79 Å². The second kappa shape index (κ2) is 6.86. The van der Waals surface area contributed by atoms with Crippen LogP contribution in [-0.2, 0) is 0 Å². The number of rotatable bonds is 5. The molecule has 0 amide bonds. The van der Waals surface area contributed by atoms with Crippen molar-refractivity contribution in [2.45, 2.75) is 20.3 Å². The van der Waals surface area contributed by atoms with Crippen molar-refractivity contribution in [3.8, 4) is 5.75 Å². The monoisotopic (exact) mass is 276 g/mol. The first kappa shape index (κ1) is 15.0. The molecule has 1 aromatic rings. The van der Waals surface area contributed by atoms with E-state index in [0.29, 0.717) is 6.42 Å². The number of ketones is 1. The fraction of sp³-hybridized carbons (Fsp3) is 0.562. The molecule has 1 aromatic carbocycles. The number of aryl methyl sites for hydroxylation is 2. The molecule has 1 fully saturated rings. The van der Waals surface area contributed by atoms with E-state index in [2.05, 4.69) is 10.2 Å². The number of ether oxygens (including phenoxy) is 1.